The number of guanidine groups is 1. The zero-order valence-corrected chi connectivity index (χ0v) is 15.7. The van der Waals surface area contributed by atoms with Crippen molar-refractivity contribution in [1.82, 2.24) is 20.4 Å². The third kappa shape index (κ3) is 4.13. The highest BCUT2D eigenvalue weighted by molar-refractivity contribution is 14.0. The zero-order valence-electron chi connectivity index (χ0n) is 12.5. The predicted molar refractivity (Wildman–Crippen MR) is 102 cm³/mol. The van der Waals surface area contributed by atoms with Crippen LogP contribution in [0.4, 0.5) is 5.00 Å². The van der Waals surface area contributed by atoms with E-state index in [-0.39, 0.29) is 24.0 Å². The van der Waals surface area contributed by atoms with E-state index in [1.807, 2.05) is 13.1 Å². The second kappa shape index (κ2) is 8.37. The summed E-state index contributed by atoms with van der Waals surface area (Å²) in [4.78, 5) is 9.12. The fraction of sp³-hybridized carbons (Fsp3) is 0.429. The van der Waals surface area contributed by atoms with Crippen LogP contribution in [-0.4, -0.2) is 54.3 Å². The summed E-state index contributed by atoms with van der Waals surface area (Å²) in [6.45, 7) is 4.76. The quantitative estimate of drug-likeness (QED) is 0.443. The molecule has 1 saturated heterocycles. The molecular formula is C14H21IN6S. The molecule has 3 heterocycles. The minimum atomic E-state index is 0. The first-order valence-electron chi connectivity index (χ1n) is 7.09. The third-order valence-electron chi connectivity index (χ3n) is 3.60. The number of hydrogen-bond donors (Lipinski definition) is 2. The summed E-state index contributed by atoms with van der Waals surface area (Å²) in [6.07, 6.45) is 1.76. The minimum Gasteiger partial charge on any atom is -0.360 e. The van der Waals surface area contributed by atoms with Gasteiger partial charge in [0.05, 0.1) is 17.2 Å². The predicted octanol–water partition coefficient (Wildman–Crippen LogP) is 1.99. The van der Waals surface area contributed by atoms with Gasteiger partial charge in [-0.1, -0.05) is 0 Å². The molecule has 1 aliphatic heterocycles. The lowest BCUT2D eigenvalue weighted by molar-refractivity contribution is 0.373. The van der Waals surface area contributed by atoms with Crippen molar-refractivity contribution >= 4 is 46.3 Å². The summed E-state index contributed by atoms with van der Waals surface area (Å²) in [6, 6.07) is 6.26. The average molecular weight is 432 g/mol. The number of H-pyrrole nitrogens is 1. The van der Waals surface area contributed by atoms with E-state index in [1.54, 1.807) is 17.5 Å². The van der Waals surface area contributed by atoms with Crippen molar-refractivity contribution in [2.24, 2.45) is 4.99 Å². The van der Waals surface area contributed by atoms with Gasteiger partial charge in [-0.15, -0.1) is 35.3 Å². The molecular weight excluding hydrogens is 411 g/mol. The van der Waals surface area contributed by atoms with Gasteiger partial charge in [0, 0.05) is 39.4 Å². The molecule has 1 fully saturated rings. The van der Waals surface area contributed by atoms with Crippen LogP contribution in [0.15, 0.2) is 34.8 Å². The maximum Gasteiger partial charge on any atom is 0.194 e. The summed E-state index contributed by atoms with van der Waals surface area (Å²) in [7, 11) is 1.83. The summed E-state index contributed by atoms with van der Waals surface area (Å²) in [5.41, 5.74) is 1.06. The van der Waals surface area contributed by atoms with Gasteiger partial charge in [0.15, 0.2) is 5.96 Å². The molecule has 6 nitrogen and oxygen atoms in total. The molecule has 120 valence electrons. The van der Waals surface area contributed by atoms with Gasteiger partial charge in [-0.25, -0.2) is 0 Å². The number of halogens is 1. The first-order chi connectivity index (χ1) is 10.4. The Morgan fingerprint density at radius 3 is 2.77 bits per heavy atom. The molecule has 0 amide bonds. The topological polar surface area (TPSA) is 59.6 Å². The van der Waals surface area contributed by atoms with Gasteiger partial charge in [0.1, 0.15) is 0 Å². The smallest absolute Gasteiger partial charge is 0.194 e. The maximum atomic E-state index is 4.38. The third-order valence-corrected chi connectivity index (χ3v) is 4.53. The Bertz CT molecular complexity index is 560. The van der Waals surface area contributed by atoms with E-state index in [9.17, 15) is 0 Å². The number of piperazine rings is 1. The Morgan fingerprint density at radius 2 is 2.18 bits per heavy atom. The number of aromatic nitrogens is 2. The van der Waals surface area contributed by atoms with E-state index in [4.69, 9.17) is 0 Å². The van der Waals surface area contributed by atoms with Crippen LogP contribution in [0.2, 0.25) is 0 Å². The molecule has 0 atom stereocenters. The minimum absolute atomic E-state index is 0. The lowest BCUT2D eigenvalue weighted by atomic mass is 10.3. The van der Waals surface area contributed by atoms with Crippen LogP contribution in [0.25, 0.3) is 0 Å². The van der Waals surface area contributed by atoms with E-state index in [1.165, 1.54) is 5.00 Å². The highest BCUT2D eigenvalue weighted by Gasteiger charge is 2.20. The van der Waals surface area contributed by atoms with Gasteiger partial charge in [-0.05, 0) is 23.6 Å². The van der Waals surface area contributed by atoms with E-state index in [2.05, 4.69) is 47.8 Å². The van der Waals surface area contributed by atoms with E-state index in [0.29, 0.717) is 0 Å². The van der Waals surface area contributed by atoms with E-state index >= 15 is 0 Å². The van der Waals surface area contributed by atoms with Gasteiger partial charge in [0.2, 0.25) is 0 Å². The molecule has 0 aromatic carbocycles. The number of hydrogen-bond acceptors (Lipinski definition) is 4. The second-order valence-electron chi connectivity index (χ2n) is 4.91. The van der Waals surface area contributed by atoms with Crippen LogP contribution in [0, 0.1) is 0 Å². The zero-order chi connectivity index (χ0) is 14.5. The number of nitrogens with one attached hydrogen (secondary N) is 2. The molecule has 2 N–H and O–H groups in total. The van der Waals surface area contributed by atoms with Gasteiger partial charge in [-0.3, -0.25) is 10.1 Å². The van der Waals surface area contributed by atoms with Crippen molar-refractivity contribution in [2.45, 2.75) is 6.54 Å². The summed E-state index contributed by atoms with van der Waals surface area (Å²) in [5.74, 6) is 0.954. The van der Waals surface area contributed by atoms with Gasteiger partial charge in [0.25, 0.3) is 0 Å². The average Bonchev–Trinajstić information content (AvgIpc) is 3.22. The molecule has 0 spiro atoms. The highest BCUT2D eigenvalue weighted by Crippen LogP contribution is 2.22. The van der Waals surface area contributed by atoms with Crippen LogP contribution in [0.1, 0.15) is 5.69 Å². The number of aromatic amines is 1. The molecule has 0 radical (unpaired) electrons. The molecule has 3 rings (SSSR count). The summed E-state index contributed by atoms with van der Waals surface area (Å²) in [5, 5.41) is 13.8. The fourth-order valence-corrected chi connectivity index (χ4v) is 3.26. The number of rotatable bonds is 3. The fourth-order valence-electron chi connectivity index (χ4n) is 2.48. The summed E-state index contributed by atoms with van der Waals surface area (Å²) < 4.78 is 0. The van der Waals surface area contributed by atoms with Crippen molar-refractivity contribution < 1.29 is 0 Å². The second-order valence-corrected chi connectivity index (χ2v) is 5.83. The SMILES string of the molecule is CN=C(NCc1ccn[nH]1)N1CCN(c2cccs2)CC1.I. The van der Waals surface area contributed by atoms with Gasteiger partial charge in [-0.2, -0.15) is 5.10 Å². The van der Waals surface area contributed by atoms with Crippen molar-refractivity contribution in [3.05, 3.63) is 35.5 Å². The van der Waals surface area contributed by atoms with Crippen molar-refractivity contribution in [3.8, 4) is 0 Å². The normalized spacial score (nSPS) is 15.6. The Labute approximate surface area is 151 Å². The molecule has 22 heavy (non-hydrogen) atoms. The maximum absolute atomic E-state index is 4.38. The van der Waals surface area contributed by atoms with Crippen LogP contribution >= 0.6 is 35.3 Å². The first-order valence-corrected chi connectivity index (χ1v) is 7.97. The van der Waals surface area contributed by atoms with E-state index in [0.717, 1.165) is 44.4 Å². The van der Waals surface area contributed by atoms with Crippen LogP contribution in [-0.2, 0) is 6.54 Å². The number of aliphatic imine (C=N–C) groups is 1. The Morgan fingerprint density at radius 1 is 1.36 bits per heavy atom. The van der Waals surface area contributed by atoms with Crippen LogP contribution < -0.4 is 10.2 Å². The Kier molecular flexibility index (Phi) is 6.49. The van der Waals surface area contributed by atoms with Gasteiger partial charge < -0.3 is 15.1 Å². The summed E-state index contributed by atoms with van der Waals surface area (Å²) >= 11 is 1.80. The number of anilines is 1. The molecule has 0 bridgehead atoms. The molecule has 1 aliphatic rings. The number of thiophene rings is 1. The van der Waals surface area contributed by atoms with E-state index < -0.39 is 0 Å². The van der Waals surface area contributed by atoms with Crippen molar-refractivity contribution in [3.63, 3.8) is 0 Å². The largest absolute Gasteiger partial charge is 0.360 e. The molecule has 0 unspecified atom stereocenters. The van der Waals surface area contributed by atoms with Crippen molar-refractivity contribution in [2.75, 3.05) is 38.1 Å². The number of nitrogens with zero attached hydrogens (tertiary/aromatic N) is 4. The molecule has 8 heteroatoms. The Balaban J connectivity index is 0.00000176. The first kappa shape index (κ1) is 17.1. The van der Waals surface area contributed by atoms with Crippen molar-refractivity contribution in [1.29, 1.82) is 0 Å². The molecule has 2 aromatic rings. The lowest BCUT2D eigenvalue weighted by Crippen LogP contribution is -2.52. The molecule has 2 aromatic heterocycles. The molecule has 0 saturated carbocycles. The lowest BCUT2D eigenvalue weighted by Gasteiger charge is -2.36. The van der Waals surface area contributed by atoms with Crippen LogP contribution in [0.3, 0.4) is 0 Å². The monoisotopic (exact) mass is 432 g/mol. The molecule has 0 aliphatic carbocycles. The van der Waals surface area contributed by atoms with Gasteiger partial charge >= 0.3 is 0 Å². The highest BCUT2D eigenvalue weighted by atomic mass is 127. The van der Waals surface area contributed by atoms with Crippen LogP contribution in [0.5, 0.6) is 0 Å². The standard InChI is InChI=1S/C14H20N6S.HI/c1-15-14(16-11-12-4-5-17-18-12)20-8-6-19(7-9-20)13-3-2-10-21-13;/h2-5,10H,6-9,11H2,1H3,(H,15,16)(H,17,18);1H. The Hall–Kier alpha value is -1.29.